The minimum Gasteiger partial charge on any atom is -0.386 e. The molecule has 1 N–H and O–H groups in total. The second-order valence-electron chi connectivity index (χ2n) is 4.97. The maximum absolute atomic E-state index is 12.6. The molecule has 0 bridgehead atoms. The average Bonchev–Trinajstić information content (AvgIpc) is 2.48. The number of aromatic nitrogens is 1. The van der Waals surface area contributed by atoms with E-state index in [0.29, 0.717) is 18.8 Å². The van der Waals surface area contributed by atoms with E-state index >= 15 is 0 Å². The van der Waals surface area contributed by atoms with Crippen LogP contribution in [0.25, 0.3) is 0 Å². The first-order valence-electron chi connectivity index (χ1n) is 6.72. The van der Waals surface area contributed by atoms with Crippen molar-refractivity contribution in [3.05, 3.63) is 18.3 Å². The van der Waals surface area contributed by atoms with Gasteiger partial charge < -0.3 is 10.1 Å². The number of ether oxygens (including phenoxy) is 1. The van der Waals surface area contributed by atoms with Crippen LogP contribution in [0.2, 0.25) is 0 Å². The molecule has 112 valence electrons. The Bertz CT molecular complexity index is 542. The molecule has 2 rings (SSSR count). The minimum atomic E-state index is -3.58. The largest absolute Gasteiger partial charge is 0.386 e. The number of pyridine rings is 1. The Hall–Kier alpha value is -1.18. The summed E-state index contributed by atoms with van der Waals surface area (Å²) >= 11 is 0. The van der Waals surface area contributed by atoms with Crippen LogP contribution < -0.4 is 5.32 Å². The molecule has 20 heavy (non-hydrogen) atoms. The van der Waals surface area contributed by atoms with Crippen molar-refractivity contribution in [2.24, 2.45) is 5.92 Å². The van der Waals surface area contributed by atoms with Crippen LogP contribution in [-0.4, -0.2) is 51.6 Å². The number of sulfonamides is 1. The fourth-order valence-electron chi connectivity index (χ4n) is 2.35. The monoisotopic (exact) mass is 299 g/mol. The molecular weight excluding hydrogens is 278 g/mol. The molecule has 1 unspecified atom stereocenters. The quantitative estimate of drug-likeness (QED) is 0.883. The number of nitrogens with one attached hydrogen (secondary N) is 1. The molecule has 0 aliphatic carbocycles. The molecule has 6 nitrogen and oxygen atoms in total. The molecule has 0 radical (unpaired) electrons. The van der Waals surface area contributed by atoms with E-state index in [0.717, 1.165) is 19.4 Å². The van der Waals surface area contributed by atoms with Crippen LogP contribution in [0.5, 0.6) is 0 Å². The van der Waals surface area contributed by atoms with E-state index in [1.807, 2.05) is 0 Å². The SMILES string of the molecule is CNc1cccnc1S(=O)(=O)N(C)CC1CCCOC1. The molecule has 2 heterocycles. The topological polar surface area (TPSA) is 71.5 Å². The number of nitrogens with zero attached hydrogens (tertiary/aromatic N) is 2. The van der Waals surface area contributed by atoms with Crippen LogP contribution >= 0.6 is 0 Å². The number of rotatable bonds is 5. The minimum absolute atomic E-state index is 0.0710. The first kappa shape index (κ1) is 15.2. The summed E-state index contributed by atoms with van der Waals surface area (Å²) in [5.41, 5.74) is 0.513. The summed E-state index contributed by atoms with van der Waals surface area (Å²) in [4.78, 5) is 4.01. The lowest BCUT2D eigenvalue weighted by Crippen LogP contribution is -2.35. The Labute approximate surface area is 120 Å². The lowest BCUT2D eigenvalue weighted by Gasteiger charge is -2.26. The highest BCUT2D eigenvalue weighted by molar-refractivity contribution is 7.89. The Morgan fingerprint density at radius 1 is 1.55 bits per heavy atom. The van der Waals surface area contributed by atoms with E-state index in [1.54, 1.807) is 26.2 Å². The zero-order chi connectivity index (χ0) is 14.6. The summed E-state index contributed by atoms with van der Waals surface area (Å²) in [5, 5.41) is 2.94. The molecule has 1 fully saturated rings. The molecule has 1 aromatic rings. The number of hydrogen-bond donors (Lipinski definition) is 1. The van der Waals surface area contributed by atoms with Gasteiger partial charge in [0.25, 0.3) is 10.0 Å². The predicted octanol–water partition coefficient (Wildman–Crippen LogP) is 1.17. The van der Waals surface area contributed by atoms with E-state index in [-0.39, 0.29) is 10.9 Å². The van der Waals surface area contributed by atoms with Gasteiger partial charge in [0.05, 0.1) is 12.3 Å². The zero-order valence-corrected chi connectivity index (χ0v) is 12.7. The van der Waals surface area contributed by atoms with Gasteiger partial charge in [0.15, 0.2) is 5.03 Å². The van der Waals surface area contributed by atoms with Gasteiger partial charge in [-0.3, -0.25) is 0 Å². The van der Waals surface area contributed by atoms with E-state index in [2.05, 4.69) is 10.3 Å². The van der Waals surface area contributed by atoms with Crippen molar-refractivity contribution in [1.82, 2.24) is 9.29 Å². The van der Waals surface area contributed by atoms with Crippen molar-refractivity contribution in [3.8, 4) is 0 Å². The summed E-state index contributed by atoms with van der Waals surface area (Å²) in [7, 11) is -0.296. The molecule has 7 heteroatoms. The van der Waals surface area contributed by atoms with Gasteiger partial charge in [0, 0.05) is 33.4 Å². The zero-order valence-electron chi connectivity index (χ0n) is 11.9. The van der Waals surface area contributed by atoms with Gasteiger partial charge in [-0.15, -0.1) is 0 Å². The van der Waals surface area contributed by atoms with E-state index in [9.17, 15) is 8.42 Å². The van der Waals surface area contributed by atoms with Crippen LogP contribution in [0.3, 0.4) is 0 Å². The molecule has 0 spiro atoms. The van der Waals surface area contributed by atoms with Gasteiger partial charge in [-0.05, 0) is 30.9 Å². The van der Waals surface area contributed by atoms with Gasteiger partial charge >= 0.3 is 0 Å². The van der Waals surface area contributed by atoms with Gasteiger partial charge in [-0.1, -0.05) is 0 Å². The Morgan fingerprint density at radius 2 is 2.35 bits per heavy atom. The first-order valence-corrected chi connectivity index (χ1v) is 8.16. The summed E-state index contributed by atoms with van der Waals surface area (Å²) in [5.74, 6) is 0.255. The standard InChI is InChI=1S/C13H21N3O3S/c1-14-12-6-3-7-15-13(12)20(17,18)16(2)9-11-5-4-8-19-10-11/h3,6-7,11,14H,4-5,8-10H2,1-2H3. The average molecular weight is 299 g/mol. The maximum Gasteiger partial charge on any atom is 0.262 e. The van der Waals surface area contributed by atoms with Crippen molar-refractivity contribution in [3.63, 3.8) is 0 Å². The summed E-state index contributed by atoms with van der Waals surface area (Å²) in [6.45, 7) is 1.86. The van der Waals surface area contributed by atoms with E-state index in [1.165, 1.54) is 10.5 Å². The summed E-state index contributed by atoms with van der Waals surface area (Å²) < 4.78 is 31.9. The summed E-state index contributed by atoms with van der Waals surface area (Å²) in [6.07, 6.45) is 3.48. The lowest BCUT2D eigenvalue weighted by molar-refractivity contribution is 0.0495. The normalized spacial score (nSPS) is 20.1. The Balaban J connectivity index is 2.16. The van der Waals surface area contributed by atoms with Crippen LogP contribution in [0.1, 0.15) is 12.8 Å². The molecular formula is C13H21N3O3S. The predicted molar refractivity (Wildman–Crippen MR) is 77.1 cm³/mol. The highest BCUT2D eigenvalue weighted by Gasteiger charge is 2.28. The van der Waals surface area contributed by atoms with Crippen LogP contribution in [0.15, 0.2) is 23.4 Å². The molecule has 1 aliphatic heterocycles. The molecule has 0 saturated carbocycles. The van der Waals surface area contributed by atoms with Gasteiger partial charge in [0.1, 0.15) is 0 Å². The molecule has 1 atom stereocenters. The van der Waals surface area contributed by atoms with Crippen LogP contribution in [0.4, 0.5) is 5.69 Å². The highest BCUT2D eigenvalue weighted by atomic mass is 32.2. The third-order valence-electron chi connectivity index (χ3n) is 3.47. The molecule has 1 aliphatic rings. The van der Waals surface area contributed by atoms with Crippen LogP contribution in [0, 0.1) is 5.92 Å². The first-order chi connectivity index (χ1) is 9.55. The van der Waals surface area contributed by atoms with Gasteiger partial charge in [-0.2, -0.15) is 4.31 Å². The van der Waals surface area contributed by atoms with Crippen molar-refractivity contribution >= 4 is 15.7 Å². The Morgan fingerprint density at radius 3 is 3.00 bits per heavy atom. The fraction of sp³-hybridized carbons (Fsp3) is 0.615. The van der Waals surface area contributed by atoms with Gasteiger partial charge in [0.2, 0.25) is 0 Å². The van der Waals surface area contributed by atoms with Crippen molar-refractivity contribution in [1.29, 1.82) is 0 Å². The Kier molecular flexibility index (Phi) is 4.95. The van der Waals surface area contributed by atoms with Crippen molar-refractivity contribution in [2.75, 3.05) is 39.2 Å². The number of hydrogen-bond acceptors (Lipinski definition) is 5. The lowest BCUT2D eigenvalue weighted by atomic mass is 10.0. The third-order valence-corrected chi connectivity index (χ3v) is 5.25. The molecule has 1 saturated heterocycles. The fourth-order valence-corrected chi connectivity index (χ4v) is 3.69. The van der Waals surface area contributed by atoms with Crippen molar-refractivity contribution < 1.29 is 13.2 Å². The molecule has 0 aromatic carbocycles. The second-order valence-corrected chi connectivity index (χ2v) is 6.94. The number of anilines is 1. The molecule has 1 aromatic heterocycles. The highest BCUT2D eigenvalue weighted by Crippen LogP contribution is 2.23. The van der Waals surface area contributed by atoms with Gasteiger partial charge in [-0.25, -0.2) is 13.4 Å². The van der Waals surface area contributed by atoms with Crippen molar-refractivity contribution in [2.45, 2.75) is 17.9 Å². The van der Waals surface area contributed by atoms with E-state index < -0.39 is 10.0 Å². The smallest absolute Gasteiger partial charge is 0.262 e. The summed E-state index contributed by atoms with van der Waals surface area (Å²) in [6, 6.07) is 3.41. The maximum atomic E-state index is 12.6. The van der Waals surface area contributed by atoms with E-state index in [4.69, 9.17) is 4.74 Å². The van der Waals surface area contributed by atoms with Crippen LogP contribution in [-0.2, 0) is 14.8 Å². The third kappa shape index (κ3) is 3.28. The molecule has 0 amide bonds. The second kappa shape index (κ2) is 6.51.